The van der Waals surface area contributed by atoms with Crippen LogP contribution in [0.3, 0.4) is 0 Å². The van der Waals surface area contributed by atoms with E-state index in [2.05, 4.69) is 10.2 Å². The van der Waals surface area contributed by atoms with Gasteiger partial charge in [-0.1, -0.05) is 17.7 Å². The van der Waals surface area contributed by atoms with Crippen molar-refractivity contribution in [1.29, 1.82) is 0 Å². The molecule has 0 radical (unpaired) electrons. The zero-order chi connectivity index (χ0) is 21.1. The van der Waals surface area contributed by atoms with Crippen molar-refractivity contribution in [3.05, 3.63) is 69.3 Å². The second kappa shape index (κ2) is 9.06. The third kappa shape index (κ3) is 4.45. The van der Waals surface area contributed by atoms with Crippen LogP contribution in [-0.4, -0.2) is 32.8 Å². The van der Waals surface area contributed by atoms with Gasteiger partial charge in [0, 0.05) is 29.1 Å². The van der Waals surface area contributed by atoms with Gasteiger partial charge in [0.15, 0.2) is 11.6 Å². The number of fused-ring (bicyclic) bond motifs is 1. The van der Waals surface area contributed by atoms with Gasteiger partial charge in [0.05, 0.1) is 12.8 Å². The van der Waals surface area contributed by atoms with Crippen LogP contribution in [0, 0.1) is 5.82 Å². The molecule has 7 heteroatoms. The largest absolute Gasteiger partial charge is 0.494 e. The molecule has 0 spiro atoms. The van der Waals surface area contributed by atoms with Gasteiger partial charge in [-0.2, -0.15) is 0 Å². The summed E-state index contributed by atoms with van der Waals surface area (Å²) in [6.07, 6.45) is 2.55. The molecule has 0 bridgehead atoms. The minimum Gasteiger partial charge on any atom is -0.494 e. The maximum absolute atomic E-state index is 14.1. The second-order valence-electron chi connectivity index (χ2n) is 7.48. The summed E-state index contributed by atoms with van der Waals surface area (Å²) in [7, 11) is 1.45. The molecule has 1 aromatic heterocycles. The van der Waals surface area contributed by atoms with Crippen LogP contribution in [0.15, 0.2) is 51.7 Å². The van der Waals surface area contributed by atoms with E-state index in [0.29, 0.717) is 23.6 Å². The van der Waals surface area contributed by atoms with Crippen molar-refractivity contribution >= 4 is 28.3 Å². The zero-order valence-corrected chi connectivity index (χ0v) is 17.5. The molecule has 0 aliphatic carbocycles. The molecule has 1 aliphatic heterocycles. The van der Waals surface area contributed by atoms with E-state index < -0.39 is 5.63 Å². The molecule has 4 rings (SSSR count). The molecule has 158 valence electrons. The molecular weight excluding hydrogens is 407 g/mol. The third-order valence-electron chi connectivity index (χ3n) is 5.60. The second-order valence-corrected chi connectivity index (χ2v) is 7.92. The molecule has 3 aromatic rings. The fourth-order valence-corrected chi connectivity index (χ4v) is 4.26. The summed E-state index contributed by atoms with van der Waals surface area (Å²) >= 11 is 6.24. The van der Waals surface area contributed by atoms with Gasteiger partial charge in [-0.05, 0) is 68.2 Å². The highest BCUT2D eigenvalue weighted by molar-refractivity contribution is 6.31. The van der Waals surface area contributed by atoms with E-state index in [0.717, 1.165) is 42.6 Å². The first-order chi connectivity index (χ1) is 14.5. The molecule has 1 N–H and O–H groups in total. The lowest BCUT2D eigenvalue weighted by Crippen LogP contribution is -2.44. The fourth-order valence-electron chi connectivity index (χ4n) is 4.09. The molecule has 0 unspecified atom stereocenters. The van der Waals surface area contributed by atoms with E-state index in [-0.39, 0.29) is 17.6 Å². The third-order valence-corrected chi connectivity index (χ3v) is 5.83. The van der Waals surface area contributed by atoms with Crippen molar-refractivity contribution in [2.45, 2.75) is 25.3 Å². The van der Waals surface area contributed by atoms with E-state index in [1.165, 1.54) is 19.2 Å². The van der Waals surface area contributed by atoms with Gasteiger partial charge < -0.3 is 19.4 Å². The maximum Gasteiger partial charge on any atom is 0.338 e. The molecule has 5 nitrogen and oxygen atoms in total. The van der Waals surface area contributed by atoms with E-state index in [4.69, 9.17) is 20.8 Å². The van der Waals surface area contributed by atoms with Crippen LogP contribution in [0.2, 0.25) is 5.02 Å². The summed E-state index contributed by atoms with van der Waals surface area (Å²) in [6, 6.07) is 12.1. The van der Waals surface area contributed by atoms with Gasteiger partial charge in [-0.15, -0.1) is 0 Å². The molecule has 30 heavy (non-hydrogen) atoms. The average molecular weight is 431 g/mol. The monoisotopic (exact) mass is 430 g/mol. The predicted octanol–water partition coefficient (Wildman–Crippen LogP) is 4.40. The number of hydrogen-bond donors (Lipinski definition) is 1. The van der Waals surface area contributed by atoms with E-state index in [1.54, 1.807) is 18.2 Å². The number of halogens is 2. The lowest BCUT2D eigenvalue weighted by molar-refractivity contribution is 0.386. The summed E-state index contributed by atoms with van der Waals surface area (Å²) in [6.45, 7) is 2.47. The summed E-state index contributed by atoms with van der Waals surface area (Å²) < 4.78 is 24.5. The van der Waals surface area contributed by atoms with Gasteiger partial charge in [-0.3, -0.25) is 0 Å². The normalized spacial score (nSPS) is 14.8. The van der Waals surface area contributed by atoms with Crippen molar-refractivity contribution in [1.82, 2.24) is 5.32 Å². The van der Waals surface area contributed by atoms with Crippen molar-refractivity contribution in [3.63, 3.8) is 0 Å². The predicted molar refractivity (Wildman–Crippen MR) is 117 cm³/mol. The summed E-state index contributed by atoms with van der Waals surface area (Å²) in [5, 5.41) is 4.77. The minimum atomic E-state index is -0.394. The quantitative estimate of drug-likeness (QED) is 0.587. The Bertz CT molecular complexity index is 1100. The number of nitrogens with zero attached hydrogens (tertiary/aromatic N) is 1. The van der Waals surface area contributed by atoms with Crippen LogP contribution in [0.25, 0.3) is 11.0 Å². The molecule has 2 aromatic carbocycles. The van der Waals surface area contributed by atoms with Gasteiger partial charge in [-0.25, -0.2) is 9.18 Å². The highest BCUT2D eigenvalue weighted by atomic mass is 35.5. The van der Waals surface area contributed by atoms with E-state index >= 15 is 0 Å². The highest BCUT2D eigenvalue weighted by Gasteiger charge is 2.24. The first kappa shape index (κ1) is 20.7. The number of nitrogens with one attached hydrogen (secondary N) is 1. The number of methoxy groups -OCH3 is 1. The molecule has 1 saturated heterocycles. The van der Waals surface area contributed by atoms with E-state index in [1.807, 2.05) is 12.1 Å². The molecular formula is C23H24ClFN2O3. The Balaban J connectivity index is 1.70. The number of hydrogen-bond acceptors (Lipinski definition) is 5. The zero-order valence-electron chi connectivity index (χ0n) is 16.8. The van der Waals surface area contributed by atoms with Crippen LogP contribution >= 0.6 is 11.6 Å². The Morgan fingerprint density at radius 1 is 1.20 bits per heavy atom. The lowest BCUT2D eigenvalue weighted by Gasteiger charge is -2.37. The van der Waals surface area contributed by atoms with Crippen molar-refractivity contribution in [2.75, 3.05) is 31.6 Å². The van der Waals surface area contributed by atoms with Gasteiger partial charge in [0.25, 0.3) is 0 Å². The van der Waals surface area contributed by atoms with Crippen LogP contribution in [-0.2, 0) is 6.42 Å². The summed E-state index contributed by atoms with van der Waals surface area (Å²) in [4.78, 5) is 14.5. The Kier molecular flexibility index (Phi) is 6.25. The Morgan fingerprint density at radius 3 is 2.73 bits per heavy atom. The van der Waals surface area contributed by atoms with E-state index in [9.17, 15) is 9.18 Å². The van der Waals surface area contributed by atoms with Crippen molar-refractivity contribution in [3.8, 4) is 5.75 Å². The SMILES string of the molecule is COc1ccc(CCN(c2cc(=O)oc3ccc(Cl)cc23)C2CCNCC2)cc1F. The lowest BCUT2D eigenvalue weighted by atomic mass is 10.0. The maximum atomic E-state index is 14.1. The minimum absolute atomic E-state index is 0.232. The standard InChI is InChI=1S/C23H24ClFN2O3/c1-29-22-4-2-15(12-19(22)25)8-11-27(17-6-9-26-10-7-17)20-14-23(28)30-21-5-3-16(24)13-18(20)21/h2-5,12-14,17,26H,6-11H2,1H3. The summed E-state index contributed by atoms with van der Waals surface area (Å²) in [5.74, 6) is -0.142. The number of rotatable bonds is 6. The molecule has 2 heterocycles. The number of benzene rings is 2. The number of piperidine rings is 1. The Hall–Kier alpha value is -2.57. The van der Waals surface area contributed by atoms with Crippen molar-refractivity contribution < 1.29 is 13.5 Å². The fraction of sp³-hybridized carbons (Fsp3) is 0.348. The van der Waals surface area contributed by atoms with Crippen molar-refractivity contribution in [2.24, 2.45) is 0 Å². The van der Waals surface area contributed by atoms with Gasteiger partial charge in [0.2, 0.25) is 0 Å². The Labute approximate surface area is 179 Å². The molecule has 0 saturated carbocycles. The van der Waals surface area contributed by atoms with Gasteiger partial charge >= 0.3 is 5.63 Å². The topological polar surface area (TPSA) is 54.7 Å². The number of anilines is 1. The first-order valence-corrected chi connectivity index (χ1v) is 10.5. The van der Waals surface area contributed by atoms with Crippen LogP contribution in [0.5, 0.6) is 5.75 Å². The number of ether oxygens (including phenoxy) is 1. The highest BCUT2D eigenvalue weighted by Crippen LogP contribution is 2.31. The van der Waals surface area contributed by atoms with Crippen LogP contribution in [0.4, 0.5) is 10.1 Å². The van der Waals surface area contributed by atoms with Crippen LogP contribution in [0.1, 0.15) is 18.4 Å². The van der Waals surface area contributed by atoms with Crippen LogP contribution < -0.4 is 20.6 Å². The molecule has 1 fully saturated rings. The average Bonchev–Trinajstić information content (AvgIpc) is 2.75. The Morgan fingerprint density at radius 2 is 2.00 bits per heavy atom. The molecule has 0 atom stereocenters. The summed E-state index contributed by atoms with van der Waals surface area (Å²) in [5.41, 5.74) is 1.80. The molecule has 1 aliphatic rings. The molecule has 0 amide bonds. The van der Waals surface area contributed by atoms with Gasteiger partial charge in [0.1, 0.15) is 5.58 Å². The smallest absolute Gasteiger partial charge is 0.338 e. The first-order valence-electron chi connectivity index (χ1n) is 10.1.